The number of aliphatic hydroxyl groups is 1. The second kappa shape index (κ2) is 4.51. The van der Waals surface area contributed by atoms with Crippen LogP contribution in [0.15, 0.2) is 34.9 Å². The maximum Gasteiger partial charge on any atom is 0.134 e. The first-order chi connectivity index (χ1) is 9.15. The Morgan fingerprint density at radius 1 is 1.37 bits per heavy atom. The van der Waals surface area contributed by atoms with Gasteiger partial charge in [0, 0.05) is 30.6 Å². The van der Waals surface area contributed by atoms with Crippen molar-refractivity contribution in [1.82, 2.24) is 15.0 Å². The topological polar surface area (TPSA) is 64.1 Å². The van der Waals surface area contributed by atoms with E-state index in [1.54, 1.807) is 17.9 Å². The number of hydrogen-bond donors (Lipinski definition) is 1. The summed E-state index contributed by atoms with van der Waals surface area (Å²) in [5, 5.41) is 19.2. The molecule has 0 aliphatic rings. The zero-order valence-electron chi connectivity index (χ0n) is 10.9. The maximum atomic E-state index is 10.4. The molecule has 0 aliphatic carbocycles. The summed E-state index contributed by atoms with van der Waals surface area (Å²) in [6.45, 7) is 1.87. The van der Waals surface area contributed by atoms with E-state index in [1.807, 2.05) is 31.2 Å². The number of rotatable bonds is 3. The van der Waals surface area contributed by atoms with Crippen LogP contribution in [0.4, 0.5) is 0 Å². The van der Waals surface area contributed by atoms with Crippen molar-refractivity contribution in [2.45, 2.75) is 19.4 Å². The van der Waals surface area contributed by atoms with Crippen molar-refractivity contribution in [3.05, 3.63) is 47.5 Å². The first-order valence-electron chi connectivity index (χ1n) is 6.16. The molecular weight excluding hydrogens is 242 g/mol. The van der Waals surface area contributed by atoms with Crippen LogP contribution in [0.1, 0.15) is 23.1 Å². The maximum absolute atomic E-state index is 10.4. The van der Waals surface area contributed by atoms with Gasteiger partial charge in [-0.25, -0.2) is 0 Å². The molecule has 1 unspecified atom stereocenters. The van der Waals surface area contributed by atoms with Crippen LogP contribution in [-0.2, 0) is 13.5 Å². The number of fused-ring (bicyclic) bond motifs is 1. The van der Waals surface area contributed by atoms with Crippen LogP contribution in [0.2, 0.25) is 0 Å². The SMILES string of the molecule is Cc1oc2ccccc2c1C(O)Cc1cn(C)nn1. The van der Waals surface area contributed by atoms with Crippen LogP contribution in [0.5, 0.6) is 0 Å². The van der Waals surface area contributed by atoms with E-state index in [-0.39, 0.29) is 0 Å². The molecule has 5 heteroatoms. The lowest BCUT2D eigenvalue weighted by Gasteiger charge is -2.08. The van der Waals surface area contributed by atoms with Gasteiger partial charge in [0.15, 0.2) is 0 Å². The molecule has 0 bridgehead atoms. The summed E-state index contributed by atoms with van der Waals surface area (Å²) in [6.07, 6.45) is 1.60. The van der Waals surface area contributed by atoms with Crippen molar-refractivity contribution in [2.75, 3.05) is 0 Å². The van der Waals surface area contributed by atoms with Crippen LogP contribution >= 0.6 is 0 Å². The molecule has 5 nitrogen and oxygen atoms in total. The Balaban J connectivity index is 1.97. The van der Waals surface area contributed by atoms with Gasteiger partial charge in [-0.2, -0.15) is 0 Å². The number of hydrogen-bond acceptors (Lipinski definition) is 4. The fourth-order valence-corrected chi connectivity index (χ4v) is 2.39. The molecule has 19 heavy (non-hydrogen) atoms. The third kappa shape index (κ3) is 2.13. The van der Waals surface area contributed by atoms with Gasteiger partial charge in [0.1, 0.15) is 11.3 Å². The smallest absolute Gasteiger partial charge is 0.134 e. The third-order valence-corrected chi connectivity index (χ3v) is 3.21. The average molecular weight is 257 g/mol. The zero-order chi connectivity index (χ0) is 13.4. The number of aromatic nitrogens is 3. The highest BCUT2D eigenvalue weighted by molar-refractivity contribution is 5.82. The summed E-state index contributed by atoms with van der Waals surface area (Å²) in [7, 11) is 1.81. The van der Waals surface area contributed by atoms with Gasteiger partial charge in [-0.15, -0.1) is 5.10 Å². The first-order valence-corrected chi connectivity index (χ1v) is 6.16. The van der Waals surface area contributed by atoms with E-state index in [4.69, 9.17) is 4.42 Å². The number of aliphatic hydroxyl groups excluding tert-OH is 1. The van der Waals surface area contributed by atoms with E-state index >= 15 is 0 Å². The molecule has 0 saturated heterocycles. The fourth-order valence-electron chi connectivity index (χ4n) is 2.39. The summed E-state index contributed by atoms with van der Waals surface area (Å²) in [5.41, 5.74) is 2.40. The molecule has 0 radical (unpaired) electrons. The largest absolute Gasteiger partial charge is 0.461 e. The Bertz CT molecular complexity index is 714. The zero-order valence-corrected chi connectivity index (χ0v) is 10.9. The summed E-state index contributed by atoms with van der Waals surface area (Å²) in [6, 6.07) is 7.72. The number of para-hydroxylation sites is 1. The number of nitrogens with zero attached hydrogens (tertiary/aromatic N) is 3. The molecule has 0 amide bonds. The normalized spacial score (nSPS) is 13.0. The molecule has 3 aromatic rings. The van der Waals surface area contributed by atoms with Crippen LogP contribution in [0.25, 0.3) is 11.0 Å². The van der Waals surface area contributed by atoms with Crippen molar-refractivity contribution >= 4 is 11.0 Å². The molecule has 1 atom stereocenters. The minimum atomic E-state index is -0.639. The Morgan fingerprint density at radius 2 is 2.16 bits per heavy atom. The molecule has 1 aromatic carbocycles. The lowest BCUT2D eigenvalue weighted by molar-refractivity contribution is 0.176. The molecule has 0 saturated carbocycles. The lowest BCUT2D eigenvalue weighted by atomic mass is 10.0. The number of furan rings is 1. The van der Waals surface area contributed by atoms with E-state index in [1.165, 1.54) is 0 Å². The van der Waals surface area contributed by atoms with Gasteiger partial charge in [-0.05, 0) is 13.0 Å². The van der Waals surface area contributed by atoms with Crippen LogP contribution in [-0.4, -0.2) is 20.1 Å². The minimum Gasteiger partial charge on any atom is -0.461 e. The van der Waals surface area contributed by atoms with Gasteiger partial charge < -0.3 is 9.52 Å². The predicted octanol–water partition coefficient (Wildman–Crippen LogP) is 2.15. The number of benzene rings is 1. The van der Waals surface area contributed by atoms with E-state index in [9.17, 15) is 5.11 Å². The standard InChI is InChI=1S/C14H15N3O2/c1-9-14(11-5-3-4-6-13(11)19-9)12(18)7-10-8-17(2)16-15-10/h3-6,8,12,18H,7H2,1-2H3. The van der Waals surface area contributed by atoms with Gasteiger partial charge in [0.05, 0.1) is 11.8 Å². The fraction of sp³-hybridized carbons (Fsp3) is 0.286. The Kier molecular flexibility index (Phi) is 2.83. The molecule has 3 rings (SSSR count). The monoisotopic (exact) mass is 257 g/mol. The van der Waals surface area contributed by atoms with Crippen molar-refractivity contribution < 1.29 is 9.52 Å². The molecule has 1 N–H and O–H groups in total. The molecule has 0 spiro atoms. The second-order valence-electron chi connectivity index (χ2n) is 4.67. The third-order valence-electron chi connectivity index (χ3n) is 3.21. The average Bonchev–Trinajstić information content (AvgIpc) is 2.91. The molecule has 2 aromatic heterocycles. The van der Waals surface area contributed by atoms with Crippen molar-refractivity contribution in [2.24, 2.45) is 7.05 Å². The van der Waals surface area contributed by atoms with Crippen molar-refractivity contribution in [1.29, 1.82) is 0 Å². The van der Waals surface area contributed by atoms with E-state index in [2.05, 4.69) is 10.3 Å². The molecule has 2 heterocycles. The Morgan fingerprint density at radius 3 is 2.89 bits per heavy atom. The summed E-state index contributed by atoms with van der Waals surface area (Å²) < 4.78 is 7.29. The Labute approximate surface area is 110 Å². The highest BCUT2D eigenvalue weighted by Gasteiger charge is 2.19. The molecular formula is C14H15N3O2. The van der Waals surface area contributed by atoms with Crippen LogP contribution < -0.4 is 0 Å². The van der Waals surface area contributed by atoms with Gasteiger partial charge in [-0.3, -0.25) is 4.68 Å². The second-order valence-corrected chi connectivity index (χ2v) is 4.67. The predicted molar refractivity (Wildman–Crippen MR) is 70.6 cm³/mol. The first kappa shape index (κ1) is 11.9. The highest BCUT2D eigenvalue weighted by Crippen LogP contribution is 2.31. The lowest BCUT2D eigenvalue weighted by Crippen LogP contribution is -2.03. The highest BCUT2D eigenvalue weighted by atomic mass is 16.3. The molecule has 0 fully saturated rings. The molecule has 0 aliphatic heterocycles. The van der Waals surface area contributed by atoms with Crippen LogP contribution in [0.3, 0.4) is 0 Å². The van der Waals surface area contributed by atoms with E-state index in [0.717, 1.165) is 28.0 Å². The van der Waals surface area contributed by atoms with Gasteiger partial charge in [0.2, 0.25) is 0 Å². The van der Waals surface area contributed by atoms with E-state index < -0.39 is 6.10 Å². The van der Waals surface area contributed by atoms with Crippen LogP contribution in [0, 0.1) is 6.92 Å². The number of aryl methyl sites for hydroxylation is 2. The summed E-state index contributed by atoms with van der Waals surface area (Å²) in [4.78, 5) is 0. The summed E-state index contributed by atoms with van der Waals surface area (Å²) in [5.74, 6) is 0.748. The van der Waals surface area contributed by atoms with Crippen molar-refractivity contribution in [3.63, 3.8) is 0 Å². The van der Waals surface area contributed by atoms with Crippen molar-refractivity contribution in [3.8, 4) is 0 Å². The minimum absolute atomic E-state index is 0.429. The van der Waals surface area contributed by atoms with Gasteiger partial charge in [-0.1, -0.05) is 23.4 Å². The Hall–Kier alpha value is -2.14. The van der Waals surface area contributed by atoms with Gasteiger partial charge in [0.25, 0.3) is 0 Å². The quantitative estimate of drug-likeness (QED) is 0.780. The van der Waals surface area contributed by atoms with E-state index in [0.29, 0.717) is 6.42 Å². The van der Waals surface area contributed by atoms with Gasteiger partial charge >= 0.3 is 0 Å². The molecule has 98 valence electrons. The summed E-state index contributed by atoms with van der Waals surface area (Å²) >= 11 is 0.